The first-order chi connectivity index (χ1) is 40.8. The minimum Gasteiger partial charge on any atom is -1.00 e. The monoisotopic (exact) mass is 1240 g/mol. The molecule has 12 N–H and O–H groups in total. The summed E-state index contributed by atoms with van der Waals surface area (Å²) in [6.07, 6.45) is 9.06. The van der Waals surface area contributed by atoms with E-state index in [1.54, 1.807) is 114 Å². The number of aliphatic imine (C=N–C) groups is 1. The number of sulfonamides is 2. The Morgan fingerprint density at radius 1 is 0.621 bits per heavy atom. The van der Waals surface area contributed by atoms with Crippen LogP contribution in [0.1, 0.15) is 111 Å². The van der Waals surface area contributed by atoms with E-state index in [9.17, 15) is 31.2 Å². The molecule has 4 aromatic carbocycles. The van der Waals surface area contributed by atoms with Crippen LogP contribution in [-0.4, -0.2) is 110 Å². The SMILES string of the molecule is CC(C)(COc1cccc2c1C(N)=NCC2)NC(=O)c1ccnc(-[n+]2cc[nH]c2N)c1.CC(C)(COc1cccc2c1C(N)=NS(=O)(=O)C2)NC(=O)c1ccccc1.Cc1cc(C(=O)NC2(COc3cccc4c3C(N)=NS(=O)(=O)C4)CC2)ccn1.[Cl-]. The van der Waals surface area contributed by atoms with E-state index >= 15 is 0 Å². The van der Waals surface area contributed by atoms with E-state index < -0.39 is 36.7 Å². The largest absolute Gasteiger partial charge is 1.00 e. The number of nitrogen functional groups attached to an aromatic ring is 1. The van der Waals surface area contributed by atoms with Crippen LogP contribution in [0.25, 0.3) is 5.82 Å². The number of aryl methyl sites for hydroxylation is 1. The highest BCUT2D eigenvalue weighted by atomic mass is 35.5. The summed E-state index contributed by atoms with van der Waals surface area (Å²) in [7, 11) is -7.20. The second-order valence-corrected chi connectivity index (χ2v) is 25.5. The van der Waals surface area contributed by atoms with Gasteiger partial charge in [-0.15, -0.1) is 13.8 Å². The number of nitrogens with one attached hydrogen (secondary N) is 4. The molecular formula is C60H67ClN14O10S2. The lowest BCUT2D eigenvalue weighted by Crippen LogP contribution is -3.00. The van der Waals surface area contributed by atoms with Gasteiger partial charge in [0.1, 0.15) is 54.6 Å². The number of carbonyl (C=O) groups excluding carboxylic acids is 3. The summed E-state index contributed by atoms with van der Waals surface area (Å²) in [5.74, 6) is 1.85. The fourth-order valence-electron chi connectivity index (χ4n) is 9.48. The molecule has 6 heterocycles. The van der Waals surface area contributed by atoms with E-state index in [1.165, 1.54) is 0 Å². The van der Waals surface area contributed by atoms with Crippen molar-refractivity contribution in [2.45, 2.75) is 82.0 Å². The van der Waals surface area contributed by atoms with Gasteiger partial charge in [0.15, 0.2) is 0 Å². The molecule has 4 aliphatic rings. The van der Waals surface area contributed by atoms with Crippen LogP contribution in [0.4, 0.5) is 5.95 Å². The zero-order chi connectivity index (χ0) is 61.6. The third-order valence-corrected chi connectivity index (χ3v) is 16.2. The molecule has 0 atom stereocenters. The smallest absolute Gasteiger partial charge is 0.316 e. The summed E-state index contributed by atoms with van der Waals surface area (Å²) in [6.45, 7) is 10.7. The van der Waals surface area contributed by atoms with Crippen molar-refractivity contribution >= 4 is 61.2 Å². The van der Waals surface area contributed by atoms with E-state index in [0.717, 1.165) is 36.1 Å². The highest BCUT2D eigenvalue weighted by Crippen LogP contribution is 2.38. The van der Waals surface area contributed by atoms with Gasteiger partial charge >= 0.3 is 5.95 Å². The molecule has 3 aliphatic heterocycles. The number of imidazole rings is 1. The van der Waals surface area contributed by atoms with Gasteiger partial charge in [-0.25, -0.2) is 16.8 Å². The number of nitrogens with zero attached hydrogens (tertiary/aromatic N) is 6. The quantitative estimate of drug-likeness (QED) is 0.0631. The van der Waals surface area contributed by atoms with Crippen molar-refractivity contribution in [3.8, 4) is 23.1 Å². The van der Waals surface area contributed by atoms with E-state index in [0.29, 0.717) is 80.3 Å². The molecule has 3 amide bonds. The van der Waals surface area contributed by atoms with Gasteiger partial charge in [-0.3, -0.25) is 29.3 Å². The Kier molecular flexibility index (Phi) is 19.1. The molecule has 24 nitrogen and oxygen atoms in total. The van der Waals surface area contributed by atoms with Crippen molar-refractivity contribution in [2.24, 2.45) is 31.0 Å². The number of pyridine rings is 2. The first-order valence-corrected chi connectivity index (χ1v) is 30.5. The summed E-state index contributed by atoms with van der Waals surface area (Å²) < 4.78 is 73.8. The highest BCUT2D eigenvalue weighted by molar-refractivity contribution is 7.89. The number of fused-ring (bicyclic) bond motifs is 3. The Labute approximate surface area is 509 Å². The molecule has 3 aromatic heterocycles. The van der Waals surface area contributed by atoms with Crippen LogP contribution in [0.15, 0.2) is 148 Å². The molecule has 1 aliphatic carbocycles. The molecule has 11 rings (SSSR count). The normalized spacial score (nSPS) is 15.5. The average Bonchev–Trinajstić information content (AvgIpc) is 2.13. The van der Waals surface area contributed by atoms with Crippen LogP contribution < -0.4 is 70.1 Å². The second-order valence-electron chi connectivity index (χ2n) is 22.2. The predicted molar refractivity (Wildman–Crippen MR) is 324 cm³/mol. The van der Waals surface area contributed by atoms with Gasteiger partial charge in [0.05, 0.1) is 63.4 Å². The van der Waals surface area contributed by atoms with Crippen molar-refractivity contribution < 1.29 is 62.4 Å². The zero-order valence-electron chi connectivity index (χ0n) is 48.3. The van der Waals surface area contributed by atoms with Crippen molar-refractivity contribution in [1.82, 2.24) is 30.9 Å². The van der Waals surface area contributed by atoms with Gasteiger partial charge in [-0.2, -0.15) is 4.57 Å². The third-order valence-electron chi connectivity index (χ3n) is 13.9. The predicted octanol–water partition coefficient (Wildman–Crippen LogP) is 1.22. The maximum absolute atomic E-state index is 12.9. The molecule has 1 fully saturated rings. The number of ether oxygens (including phenoxy) is 3. The molecule has 0 spiro atoms. The number of amidine groups is 3. The lowest BCUT2D eigenvalue weighted by atomic mass is 10.00. The Hall–Kier alpha value is -9.40. The number of halogens is 1. The first kappa shape index (κ1) is 63.6. The summed E-state index contributed by atoms with van der Waals surface area (Å²) in [5.41, 5.74) is 28.4. The number of rotatable bonds is 16. The molecule has 27 heteroatoms. The summed E-state index contributed by atoms with van der Waals surface area (Å²) >= 11 is 0. The Bertz CT molecular complexity index is 4080. The first-order valence-electron chi connectivity index (χ1n) is 27.3. The van der Waals surface area contributed by atoms with Crippen LogP contribution in [0.2, 0.25) is 0 Å². The maximum atomic E-state index is 12.9. The summed E-state index contributed by atoms with van der Waals surface area (Å²) in [6, 6.07) is 31.7. The minimum atomic E-state index is -3.60. The Morgan fingerprint density at radius 3 is 1.66 bits per heavy atom. The summed E-state index contributed by atoms with van der Waals surface area (Å²) in [5, 5.41) is 8.98. The molecule has 87 heavy (non-hydrogen) atoms. The number of hydrogen-bond acceptors (Lipinski definition) is 17. The Balaban J connectivity index is 0.000000169. The van der Waals surface area contributed by atoms with E-state index in [-0.39, 0.29) is 73.1 Å². The zero-order valence-corrected chi connectivity index (χ0v) is 50.7. The fraction of sp³-hybridized carbons (Fsp3) is 0.283. The standard InChI is InChI=1S/C22H25N7O2.C19H20N4O4S.C19H21N3O4S.ClH/c1-22(2,13-31-16-5-3-4-14-6-9-26-19(23)18(14)16)28-20(30)15-7-8-25-17(12-15)29-11-10-27-21(29)24;1-12-9-13(5-8-21-12)18(24)22-19(6-7-19)11-27-15-4-2-3-14-10-28(25,26)23-17(20)16(14)15;1-19(2,21-18(23)13-7-4-3-5-8-13)12-26-15-10-6-9-14-11-27(24,25)22-17(20)16(14)15;/h3-5,7-8,10-12H,6,9,13H2,1-2H3,(H5,23,24,26,27,28,30);2-5,8-9H,6-7,10-11H2,1H3,(H2,20,23)(H,22,24);3-10H,11-12H2,1-2H3,(H2,20,22)(H,21,23);1H. The number of anilines is 1. The van der Waals surface area contributed by atoms with Gasteiger partial charge in [-0.1, -0.05) is 54.6 Å². The van der Waals surface area contributed by atoms with Crippen LogP contribution in [0.3, 0.4) is 0 Å². The van der Waals surface area contributed by atoms with Gasteiger partial charge in [0.25, 0.3) is 37.8 Å². The van der Waals surface area contributed by atoms with Crippen LogP contribution in [0, 0.1) is 6.92 Å². The molecule has 0 unspecified atom stereocenters. The lowest BCUT2D eigenvalue weighted by Gasteiger charge is -2.27. The number of H-pyrrole nitrogens is 1. The van der Waals surface area contributed by atoms with E-state index in [4.69, 9.17) is 37.1 Å². The molecule has 7 aromatic rings. The third kappa shape index (κ3) is 16.1. The number of benzene rings is 4. The number of hydrogen-bond donors (Lipinski definition) is 8. The number of aromatic amines is 1. The molecular weight excluding hydrogens is 1180 g/mol. The number of carbonyl (C=O) groups is 3. The van der Waals surface area contributed by atoms with Crippen LogP contribution in [-0.2, 0) is 38.0 Å². The Morgan fingerprint density at radius 2 is 1.13 bits per heavy atom. The molecule has 0 radical (unpaired) electrons. The van der Waals surface area contributed by atoms with Gasteiger partial charge in [0, 0.05) is 41.2 Å². The molecule has 1 saturated carbocycles. The molecule has 0 bridgehead atoms. The topological polar surface area (TPSA) is 370 Å². The number of aromatic nitrogens is 4. The molecule has 0 saturated heterocycles. The molecule has 456 valence electrons. The maximum Gasteiger partial charge on any atom is 0.316 e. The lowest BCUT2D eigenvalue weighted by molar-refractivity contribution is -0.582. The van der Waals surface area contributed by atoms with E-state index in [1.807, 2.05) is 58.9 Å². The van der Waals surface area contributed by atoms with Crippen molar-refractivity contribution in [2.75, 3.05) is 32.1 Å². The fourth-order valence-corrected chi connectivity index (χ4v) is 11.7. The summed E-state index contributed by atoms with van der Waals surface area (Å²) in [4.78, 5) is 53.3. The van der Waals surface area contributed by atoms with Crippen molar-refractivity contribution in [3.05, 3.63) is 190 Å². The second kappa shape index (κ2) is 26.1. The number of amides is 3. The van der Waals surface area contributed by atoms with Crippen LogP contribution in [0.5, 0.6) is 17.2 Å². The van der Waals surface area contributed by atoms with Crippen molar-refractivity contribution in [1.29, 1.82) is 0 Å². The minimum absolute atomic E-state index is 0. The van der Waals surface area contributed by atoms with Gasteiger partial charge in [-0.05, 0) is 119 Å². The average molecular weight is 1240 g/mol. The van der Waals surface area contributed by atoms with Gasteiger partial charge in [0.2, 0.25) is 5.82 Å². The van der Waals surface area contributed by atoms with Crippen LogP contribution >= 0.6 is 0 Å². The highest BCUT2D eigenvalue weighted by Gasteiger charge is 2.45. The van der Waals surface area contributed by atoms with Gasteiger partial charge < -0.3 is 65.5 Å². The van der Waals surface area contributed by atoms with E-state index in [2.05, 4.69) is 44.7 Å². The number of nitrogens with two attached hydrogens (primary N) is 4. The van der Waals surface area contributed by atoms with Crippen molar-refractivity contribution in [3.63, 3.8) is 0 Å².